The van der Waals surface area contributed by atoms with Crippen molar-refractivity contribution in [3.63, 3.8) is 0 Å². The van der Waals surface area contributed by atoms with Crippen LogP contribution in [0, 0.1) is 17.2 Å². The van der Waals surface area contributed by atoms with Crippen molar-refractivity contribution < 1.29 is 18.8 Å². The van der Waals surface area contributed by atoms with Gasteiger partial charge in [-0.15, -0.1) is 0 Å². The van der Waals surface area contributed by atoms with E-state index in [1.54, 1.807) is 30.3 Å². The number of Topliss-reactive ketones (excluding diaryl/α,β-unsaturated/α-hetero) is 1. The van der Waals surface area contributed by atoms with E-state index in [4.69, 9.17) is 9.26 Å². The molecule has 0 aliphatic heterocycles. The van der Waals surface area contributed by atoms with Crippen LogP contribution in [0.15, 0.2) is 28.8 Å². The van der Waals surface area contributed by atoms with Crippen LogP contribution in [0.1, 0.15) is 48.0 Å². The normalized spacial score (nSPS) is 14.4. The Bertz CT molecular complexity index is 882. The first-order chi connectivity index (χ1) is 13.2. The average Bonchev–Trinajstić information content (AvgIpc) is 2.92. The molecule has 1 atom stereocenters. The van der Waals surface area contributed by atoms with Crippen LogP contribution in [0.5, 0.6) is 5.75 Å². The summed E-state index contributed by atoms with van der Waals surface area (Å²) < 4.78 is 10.8. The van der Waals surface area contributed by atoms with Crippen molar-refractivity contribution in [1.29, 1.82) is 5.26 Å². The van der Waals surface area contributed by atoms with Crippen LogP contribution in [-0.2, 0) is 17.6 Å². The Morgan fingerprint density at radius 3 is 2.85 bits per heavy atom. The number of aromatic nitrogens is 1. The lowest BCUT2D eigenvalue weighted by molar-refractivity contribution is -0.117. The molecule has 27 heavy (non-hydrogen) atoms. The number of fused-ring (bicyclic) bond motifs is 1. The van der Waals surface area contributed by atoms with Gasteiger partial charge in [0.15, 0.2) is 11.6 Å². The van der Waals surface area contributed by atoms with Gasteiger partial charge in [-0.1, -0.05) is 23.7 Å². The van der Waals surface area contributed by atoms with Crippen molar-refractivity contribution in [2.75, 3.05) is 11.9 Å². The van der Waals surface area contributed by atoms with Gasteiger partial charge in [0.05, 0.1) is 18.4 Å². The molecule has 1 amide bonds. The first-order valence-corrected chi connectivity index (χ1v) is 9.09. The summed E-state index contributed by atoms with van der Waals surface area (Å²) in [7, 11) is 0. The summed E-state index contributed by atoms with van der Waals surface area (Å²) in [5.41, 5.74) is 1.25. The molecule has 0 saturated carbocycles. The molecular formula is C20H21N3O4. The number of hydrogen-bond acceptors (Lipinski definition) is 6. The third-order valence-electron chi connectivity index (χ3n) is 4.53. The number of hydrogen-bond donors (Lipinski definition) is 1. The molecule has 1 heterocycles. The molecule has 7 nitrogen and oxygen atoms in total. The van der Waals surface area contributed by atoms with Gasteiger partial charge in [-0.25, -0.2) is 0 Å². The van der Waals surface area contributed by atoms with Crippen LogP contribution < -0.4 is 10.1 Å². The molecule has 0 saturated heterocycles. The lowest BCUT2D eigenvalue weighted by atomic mass is 9.97. The number of aryl methyl sites for hydroxylation is 1. The van der Waals surface area contributed by atoms with Crippen LogP contribution in [0.25, 0.3) is 0 Å². The number of carbonyl (C=O) groups excluding carboxylic acids is 2. The zero-order valence-corrected chi connectivity index (χ0v) is 15.2. The molecule has 1 aromatic heterocycles. The molecule has 0 unspecified atom stereocenters. The second kappa shape index (κ2) is 8.49. The van der Waals surface area contributed by atoms with Gasteiger partial charge in [0.1, 0.15) is 11.5 Å². The van der Waals surface area contributed by atoms with E-state index < -0.39 is 17.6 Å². The van der Waals surface area contributed by atoms with E-state index in [1.807, 2.05) is 6.92 Å². The minimum absolute atomic E-state index is 0.103. The fraction of sp³-hybridized carbons (Fsp3) is 0.400. The Balaban J connectivity index is 1.81. The smallest absolute Gasteiger partial charge is 0.249 e. The van der Waals surface area contributed by atoms with E-state index >= 15 is 0 Å². The number of rotatable bonds is 6. The topological polar surface area (TPSA) is 105 Å². The van der Waals surface area contributed by atoms with Crippen molar-refractivity contribution in [1.82, 2.24) is 5.16 Å². The SMILES string of the molecule is CCOc1ccccc1NC(=O)[C@@H](C#N)C(=O)c1noc2c1CCCCC2. The predicted molar refractivity (Wildman–Crippen MR) is 97.4 cm³/mol. The number of ether oxygens (including phenoxy) is 1. The molecule has 7 heteroatoms. The highest BCUT2D eigenvalue weighted by molar-refractivity contribution is 6.15. The van der Waals surface area contributed by atoms with E-state index in [0.717, 1.165) is 31.2 Å². The summed E-state index contributed by atoms with van der Waals surface area (Å²) >= 11 is 0. The van der Waals surface area contributed by atoms with E-state index in [9.17, 15) is 14.9 Å². The lowest BCUT2D eigenvalue weighted by Gasteiger charge is -2.13. The minimum Gasteiger partial charge on any atom is -0.492 e. The fourth-order valence-corrected chi connectivity index (χ4v) is 3.18. The largest absolute Gasteiger partial charge is 0.492 e. The Morgan fingerprint density at radius 2 is 2.07 bits per heavy atom. The van der Waals surface area contributed by atoms with Gasteiger partial charge in [-0.3, -0.25) is 9.59 Å². The molecule has 140 valence electrons. The van der Waals surface area contributed by atoms with E-state index in [0.29, 0.717) is 30.2 Å². The van der Waals surface area contributed by atoms with Gasteiger partial charge in [-0.05, 0) is 38.3 Å². The second-order valence-electron chi connectivity index (χ2n) is 6.34. The summed E-state index contributed by atoms with van der Waals surface area (Å²) in [5.74, 6) is -1.67. The maximum absolute atomic E-state index is 12.8. The summed E-state index contributed by atoms with van der Waals surface area (Å²) in [4.78, 5) is 25.4. The highest BCUT2D eigenvalue weighted by Crippen LogP contribution is 2.27. The number of amides is 1. The maximum Gasteiger partial charge on any atom is 0.249 e. The number of nitrogens with one attached hydrogen (secondary N) is 1. The number of nitriles is 1. The van der Waals surface area contributed by atoms with E-state index in [1.165, 1.54) is 0 Å². The van der Waals surface area contributed by atoms with E-state index in [-0.39, 0.29) is 5.69 Å². The van der Waals surface area contributed by atoms with Crippen molar-refractivity contribution in [3.8, 4) is 11.8 Å². The van der Waals surface area contributed by atoms with Crippen LogP contribution in [0.2, 0.25) is 0 Å². The van der Waals surface area contributed by atoms with Crippen LogP contribution in [-0.4, -0.2) is 23.5 Å². The summed E-state index contributed by atoms with van der Waals surface area (Å²) in [5, 5.41) is 15.9. The monoisotopic (exact) mass is 367 g/mol. The van der Waals surface area contributed by atoms with Crippen molar-refractivity contribution in [2.45, 2.75) is 39.0 Å². The molecule has 2 aromatic rings. The molecule has 0 fully saturated rings. The Morgan fingerprint density at radius 1 is 1.30 bits per heavy atom. The predicted octanol–water partition coefficient (Wildman–Crippen LogP) is 3.30. The maximum atomic E-state index is 12.8. The number of nitrogens with zero attached hydrogens (tertiary/aromatic N) is 2. The van der Waals surface area contributed by atoms with Gasteiger partial charge in [0.2, 0.25) is 11.7 Å². The Labute approximate surface area is 157 Å². The van der Waals surface area contributed by atoms with Crippen molar-refractivity contribution in [3.05, 3.63) is 41.3 Å². The highest BCUT2D eigenvalue weighted by atomic mass is 16.5. The van der Waals surface area contributed by atoms with Gasteiger partial charge >= 0.3 is 0 Å². The molecule has 3 rings (SSSR count). The van der Waals surface area contributed by atoms with E-state index in [2.05, 4.69) is 10.5 Å². The highest BCUT2D eigenvalue weighted by Gasteiger charge is 2.33. The first-order valence-electron chi connectivity index (χ1n) is 9.09. The number of carbonyl (C=O) groups is 2. The van der Waals surface area contributed by atoms with Crippen molar-refractivity contribution in [2.24, 2.45) is 5.92 Å². The van der Waals surface area contributed by atoms with Crippen molar-refractivity contribution >= 4 is 17.4 Å². The Hall–Kier alpha value is -3.14. The molecule has 1 aliphatic carbocycles. The zero-order valence-electron chi connectivity index (χ0n) is 15.2. The van der Waals surface area contributed by atoms with Crippen LogP contribution in [0.3, 0.4) is 0 Å². The number of ketones is 1. The standard InChI is InChI=1S/C20H21N3O4/c1-2-26-17-11-7-6-9-15(17)22-20(25)14(12-21)19(24)18-13-8-4-3-5-10-16(13)27-23-18/h6-7,9,11,14H,2-5,8,10H2,1H3,(H,22,25)/t14-/m0/s1. The lowest BCUT2D eigenvalue weighted by Crippen LogP contribution is -2.29. The summed E-state index contributed by atoms with van der Waals surface area (Å²) in [6.07, 6.45) is 4.35. The minimum atomic E-state index is -1.50. The molecule has 1 aromatic carbocycles. The molecule has 0 radical (unpaired) electrons. The number of para-hydroxylation sites is 2. The van der Waals surface area contributed by atoms with Gasteiger partial charge in [0, 0.05) is 12.0 Å². The van der Waals surface area contributed by atoms with Gasteiger partial charge in [-0.2, -0.15) is 5.26 Å². The summed E-state index contributed by atoms with van der Waals surface area (Å²) in [6, 6.07) is 8.68. The van der Waals surface area contributed by atoms with Gasteiger partial charge in [0.25, 0.3) is 0 Å². The zero-order chi connectivity index (χ0) is 19.2. The number of benzene rings is 1. The third kappa shape index (κ3) is 4.00. The Kier molecular flexibility index (Phi) is 5.87. The van der Waals surface area contributed by atoms with Crippen LogP contribution >= 0.6 is 0 Å². The first kappa shape index (κ1) is 18.6. The quantitative estimate of drug-likeness (QED) is 0.477. The molecule has 0 spiro atoms. The molecule has 0 bridgehead atoms. The van der Waals surface area contributed by atoms with Crippen LogP contribution in [0.4, 0.5) is 5.69 Å². The fourth-order valence-electron chi connectivity index (χ4n) is 3.18. The number of anilines is 1. The second-order valence-corrected chi connectivity index (χ2v) is 6.34. The molecule has 1 N–H and O–H groups in total. The molecular weight excluding hydrogens is 346 g/mol. The average molecular weight is 367 g/mol. The molecule has 1 aliphatic rings. The summed E-state index contributed by atoms with van der Waals surface area (Å²) in [6.45, 7) is 2.26. The van der Waals surface area contributed by atoms with Gasteiger partial charge < -0.3 is 14.6 Å². The third-order valence-corrected chi connectivity index (χ3v) is 4.53.